The number of hydrogen-bond acceptors (Lipinski definition) is 3. The van der Waals surface area contributed by atoms with Gasteiger partial charge in [0.1, 0.15) is 11.0 Å². The average molecular weight is 345 g/mol. The van der Waals surface area contributed by atoms with Gasteiger partial charge < -0.3 is 11.1 Å². The van der Waals surface area contributed by atoms with Crippen LogP contribution in [-0.4, -0.2) is 10.9 Å². The maximum absolute atomic E-state index is 13.6. The van der Waals surface area contributed by atoms with E-state index in [-0.39, 0.29) is 16.4 Å². The first-order valence-electron chi connectivity index (χ1n) is 5.15. The van der Waals surface area contributed by atoms with Crippen LogP contribution >= 0.6 is 27.5 Å². The van der Waals surface area contributed by atoms with Gasteiger partial charge in [0.15, 0.2) is 0 Å². The lowest BCUT2D eigenvalue weighted by Crippen LogP contribution is -2.15. The number of pyridine rings is 1. The molecule has 0 spiro atoms. The molecule has 4 nitrogen and oxygen atoms in total. The predicted octanol–water partition coefficient (Wildman–Crippen LogP) is 3.47. The van der Waals surface area contributed by atoms with Gasteiger partial charge >= 0.3 is 0 Å². The van der Waals surface area contributed by atoms with Crippen molar-refractivity contribution in [3.8, 4) is 0 Å². The Labute approximate surface area is 121 Å². The number of nitrogen functional groups attached to an aromatic ring is 1. The highest BCUT2D eigenvalue weighted by molar-refractivity contribution is 9.10. The van der Waals surface area contributed by atoms with Gasteiger partial charge in [-0.05, 0) is 34.1 Å². The number of anilines is 2. The van der Waals surface area contributed by atoms with Crippen molar-refractivity contribution in [2.45, 2.75) is 0 Å². The highest BCUT2D eigenvalue weighted by Crippen LogP contribution is 2.26. The van der Waals surface area contributed by atoms with E-state index >= 15 is 0 Å². The number of benzene rings is 1. The smallest absolute Gasteiger partial charge is 0.258 e. The number of rotatable bonds is 2. The SMILES string of the molecule is Nc1cnc(Cl)c(C(=O)Nc2c(F)cccc2Br)c1. The van der Waals surface area contributed by atoms with Gasteiger partial charge in [-0.2, -0.15) is 0 Å². The molecule has 3 N–H and O–H groups in total. The third-order valence-corrected chi connectivity index (χ3v) is 3.27. The second-order valence-electron chi connectivity index (χ2n) is 3.66. The molecule has 0 saturated heterocycles. The minimum Gasteiger partial charge on any atom is -0.397 e. The van der Waals surface area contributed by atoms with Gasteiger partial charge in [-0.1, -0.05) is 17.7 Å². The summed E-state index contributed by atoms with van der Waals surface area (Å²) in [7, 11) is 0. The summed E-state index contributed by atoms with van der Waals surface area (Å²) in [6, 6.07) is 5.74. The van der Waals surface area contributed by atoms with E-state index in [4.69, 9.17) is 17.3 Å². The number of nitrogens with two attached hydrogens (primary N) is 1. The number of nitrogens with one attached hydrogen (secondary N) is 1. The zero-order chi connectivity index (χ0) is 14.0. The van der Waals surface area contributed by atoms with Crippen molar-refractivity contribution >= 4 is 44.8 Å². The fourth-order valence-corrected chi connectivity index (χ4v) is 2.05. The van der Waals surface area contributed by atoms with Crippen LogP contribution in [0.5, 0.6) is 0 Å². The molecular formula is C12H8BrClFN3O. The molecule has 0 aliphatic heterocycles. The van der Waals surface area contributed by atoms with E-state index < -0.39 is 11.7 Å². The lowest BCUT2D eigenvalue weighted by molar-refractivity contribution is 0.102. The summed E-state index contributed by atoms with van der Waals surface area (Å²) in [5.41, 5.74) is 5.94. The lowest BCUT2D eigenvalue weighted by atomic mass is 10.2. The number of amides is 1. The summed E-state index contributed by atoms with van der Waals surface area (Å²) in [6.07, 6.45) is 1.33. The van der Waals surface area contributed by atoms with Crippen LogP contribution in [0, 0.1) is 5.82 Å². The minimum atomic E-state index is -0.587. The Hall–Kier alpha value is -1.66. The van der Waals surface area contributed by atoms with E-state index in [1.807, 2.05) is 0 Å². The number of nitrogens with zero attached hydrogens (tertiary/aromatic N) is 1. The van der Waals surface area contributed by atoms with Crippen LogP contribution in [0.1, 0.15) is 10.4 Å². The quantitative estimate of drug-likeness (QED) is 0.820. The van der Waals surface area contributed by atoms with Crippen molar-refractivity contribution in [1.29, 1.82) is 0 Å². The van der Waals surface area contributed by atoms with Gasteiger partial charge in [-0.25, -0.2) is 9.37 Å². The second kappa shape index (κ2) is 5.54. The Kier molecular flexibility index (Phi) is 4.01. The second-order valence-corrected chi connectivity index (χ2v) is 4.87. The van der Waals surface area contributed by atoms with Crippen LogP contribution in [0.3, 0.4) is 0 Å². The van der Waals surface area contributed by atoms with Gasteiger partial charge in [-0.15, -0.1) is 0 Å². The van der Waals surface area contributed by atoms with Crippen LogP contribution in [-0.2, 0) is 0 Å². The number of halogens is 3. The molecule has 0 unspecified atom stereocenters. The van der Waals surface area contributed by atoms with Crippen LogP contribution < -0.4 is 11.1 Å². The first-order chi connectivity index (χ1) is 8.99. The van der Waals surface area contributed by atoms with Gasteiger partial charge in [0, 0.05) is 4.47 Å². The summed E-state index contributed by atoms with van der Waals surface area (Å²) in [5.74, 6) is -1.15. The molecule has 1 aromatic carbocycles. The predicted molar refractivity (Wildman–Crippen MR) is 75.7 cm³/mol. The van der Waals surface area contributed by atoms with Crippen LogP contribution in [0.15, 0.2) is 34.9 Å². The van der Waals surface area contributed by atoms with Gasteiger partial charge in [0.25, 0.3) is 5.91 Å². The summed E-state index contributed by atoms with van der Waals surface area (Å²) >= 11 is 8.96. The highest BCUT2D eigenvalue weighted by atomic mass is 79.9. The van der Waals surface area contributed by atoms with Crippen molar-refractivity contribution in [3.05, 3.63) is 51.5 Å². The Balaban J connectivity index is 2.34. The van der Waals surface area contributed by atoms with Crippen LogP contribution in [0.2, 0.25) is 5.15 Å². The molecule has 0 radical (unpaired) electrons. The minimum absolute atomic E-state index is 0.000776. The fourth-order valence-electron chi connectivity index (χ4n) is 1.42. The molecule has 0 aliphatic rings. The highest BCUT2D eigenvalue weighted by Gasteiger charge is 2.15. The van der Waals surface area contributed by atoms with Crippen molar-refractivity contribution in [1.82, 2.24) is 4.98 Å². The van der Waals surface area contributed by atoms with E-state index in [0.717, 1.165) is 0 Å². The molecule has 0 atom stereocenters. The largest absolute Gasteiger partial charge is 0.397 e. The van der Waals surface area contributed by atoms with Crippen molar-refractivity contribution < 1.29 is 9.18 Å². The monoisotopic (exact) mass is 343 g/mol. The summed E-state index contributed by atoms with van der Waals surface area (Å²) < 4.78 is 14.0. The molecule has 1 amide bonds. The molecule has 0 saturated carbocycles. The summed E-state index contributed by atoms with van der Waals surface area (Å²) in [5, 5.41) is 2.42. The number of aromatic nitrogens is 1. The summed E-state index contributed by atoms with van der Waals surface area (Å²) in [6.45, 7) is 0. The molecule has 98 valence electrons. The molecule has 1 heterocycles. The zero-order valence-electron chi connectivity index (χ0n) is 9.45. The van der Waals surface area contributed by atoms with E-state index in [1.165, 1.54) is 24.4 Å². The number of carbonyl (C=O) groups excluding carboxylic acids is 1. The van der Waals surface area contributed by atoms with Crippen LogP contribution in [0.4, 0.5) is 15.8 Å². The van der Waals surface area contributed by atoms with Crippen molar-refractivity contribution in [2.75, 3.05) is 11.1 Å². The molecule has 2 rings (SSSR count). The zero-order valence-corrected chi connectivity index (χ0v) is 11.8. The first-order valence-corrected chi connectivity index (χ1v) is 6.32. The van der Waals surface area contributed by atoms with Crippen molar-refractivity contribution in [3.63, 3.8) is 0 Å². The van der Waals surface area contributed by atoms with Crippen LogP contribution in [0.25, 0.3) is 0 Å². The normalized spacial score (nSPS) is 10.3. The molecule has 7 heteroatoms. The molecule has 2 aromatic rings. The standard InChI is InChI=1S/C12H8BrClFN3O/c13-8-2-1-3-9(15)10(8)18-12(19)7-4-6(16)5-17-11(7)14/h1-5H,16H2,(H,18,19). The van der Waals surface area contributed by atoms with E-state index in [2.05, 4.69) is 26.2 Å². The van der Waals surface area contributed by atoms with Gasteiger partial charge in [-0.3, -0.25) is 4.79 Å². The molecule has 0 bridgehead atoms. The van der Waals surface area contributed by atoms with Crippen molar-refractivity contribution in [2.24, 2.45) is 0 Å². The number of para-hydroxylation sites is 1. The average Bonchev–Trinajstić information content (AvgIpc) is 2.37. The van der Waals surface area contributed by atoms with E-state index in [0.29, 0.717) is 10.2 Å². The topological polar surface area (TPSA) is 68.0 Å². The number of carbonyl (C=O) groups is 1. The molecule has 0 aliphatic carbocycles. The first kappa shape index (κ1) is 13.8. The van der Waals surface area contributed by atoms with Gasteiger partial charge in [0.2, 0.25) is 0 Å². The third-order valence-electron chi connectivity index (χ3n) is 2.31. The Morgan fingerprint density at radius 1 is 1.47 bits per heavy atom. The fraction of sp³-hybridized carbons (Fsp3) is 0. The lowest BCUT2D eigenvalue weighted by Gasteiger charge is -2.09. The third kappa shape index (κ3) is 3.02. The molecule has 0 fully saturated rings. The Morgan fingerprint density at radius 2 is 2.21 bits per heavy atom. The molecular weight excluding hydrogens is 337 g/mol. The molecule has 1 aromatic heterocycles. The Bertz CT molecular complexity index is 631. The Morgan fingerprint density at radius 3 is 2.89 bits per heavy atom. The number of hydrogen-bond donors (Lipinski definition) is 2. The summed E-state index contributed by atoms with van der Waals surface area (Å²) in [4.78, 5) is 15.8. The van der Waals surface area contributed by atoms with Gasteiger partial charge in [0.05, 0.1) is 23.1 Å². The van der Waals surface area contributed by atoms with E-state index in [1.54, 1.807) is 6.07 Å². The molecule has 19 heavy (non-hydrogen) atoms. The maximum atomic E-state index is 13.6. The van der Waals surface area contributed by atoms with E-state index in [9.17, 15) is 9.18 Å². The maximum Gasteiger partial charge on any atom is 0.258 e.